The number of hydrogen-bond acceptors (Lipinski definition) is 3. The molecule has 2 aromatic rings. The number of aromatic amines is 1. The van der Waals surface area contributed by atoms with Gasteiger partial charge in [0.2, 0.25) is 0 Å². The molecule has 0 atom stereocenters. The summed E-state index contributed by atoms with van der Waals surface area (Å²) in [4.78, 5) is 13.5. The first-order valence-corrected chi connectivity index (χ1v) is 4.84. The molecule has 0 aliphatic rings. The fourth-order valence-electron chi connectivity index (χ4n) is 1.30. The van der Waals surface area contributed by atoms with Gasteiger partial charge in [-0.15, -0.1) is 0 Å². The molecule has 0 aromatic carbocycles. The van der Waals surface area contributed by atoms with Gasteiger partial charge in [0, 0.05) is 25.5 Å². The SMILES string of the molecule is Cn1nccc1Cn1ccc(=O)[nH]c1=S. The third-order valence-corrected chi connectivity index (χ3v) is 2.49. The van der Waals surface area contributed by atoms with E-state index in [0.29, 0.717) is 11.3 Å². The Morgan fingerprint density at radius 1 is 1.53 bits per heavy atom. The van der Waals surface area contributed by atoms with Gasteiger partial charge in [-0.05, 0) is 18.3 Å². The maximum atomic E-state index is 11.0. The Labute approximate surface area is 91.0 Å². The van der Waals surface area contributed by atoms with Crippen molar-refractivity contribution in [1.82, 2.24) is 19.3 Å². The molecule has 2 rings (SSSR count). The van der Waals surface area contributed by atoms with Crippen LogP contribution in [0.2, 0.25) is 0 Å². The Morgan fingerprint density at radius 3 is 2.93 bits per heavy atom. The molecule has 0 unspecified atom stereocenters. The van der Waals surface area contributed by atoms with Gasteiger partial charge in [-0.1, -0.05) is 0 Å². The highest BCUT2D eigenvalue weighted by atomic mass is 32.1. The van der Waals surface area contributed by atoms with Gasteiger partial charge in [-0.3, -0.25) is 14.5 Å². The highest BCUT2D eigenvalue weighted by molar-refractivity contribution is 7.71. The van der Waals surface area contributed by atoms with E-state index < -0.39 is 0 Å². The minimum atomic E-state index is -0.179. The van der Waals surface area contributed by atoms with Crippen molar-refractivity contribution in [1.29, 1.82) is 0 Å². The topological polar surface area (TPSA) is 55.6 Å². The van der Waals surface area contributed by atoms with E-state index in [0.717, 1.165) is 5.69 Å². The number of aromatic nitrogens is 4. The van der Waals surface area contributed by atoms with Gasteiger partial charge in [-0.2, -0.15) is 5.10 Å². The lowest BCUT2D eigenvalue weighted by atomic mass is 10.4. The minimum absolute atomic E-state index is 0.179. The van der Waals surface area contributed by atoms with E-state index in [2.05, 4.69) is 10.1 Å². The van der Waals surface area contributed by atoms with Crippen molar-refractivity contribution >= 4 is 12.2 Å². The molecule has 0 aliphatic heterocycles. The molecule has 0 spiro atoms. The molecule has 0 aliphatic carbocycles. The summed E-state index contributed by atoms with van der Waals surface area (Å²) < 4.78 is 3.98. The first-order chi connectivity index (χ1) is 7.16. The van der Waals surface area contributed by atoms with E-state index in [1.807, 2.05) is 13.1 Å². The highest BCUT2D eigenvalue weighted by Crippen LogP contribution is 1.99. The van der Waals surface area contributed by atoms with E-state index in [1.54, 1.807) is 21.6 Å². The van der Waals surface area contributed by atoms with E-state index >= 15 is 0 Å². The third-order valence-electron chi connectivity index (χ3n) is 2.15. The Morgan fingerprint density at radius 2 is 2.33 bits per heavy atom. The van der Waals surface area contributed by atoms with Crippen LogP contribution < -0.4 is 5.56 Å². The largest absolute Gasteiger partial charge is 0.319 e. The fraction of sp³-hybridized carbons (Fsp3) is 0.222. The molecule has 2 heterocycles. The maximum absolute atomic E-state index is 11.0. The predicted molar refractivity (Wildman–Crippen MR) is 58.2 cm³/mol. The van der Waals surface area contributed by atoms with Gasteiger partial charge in [0.05, 0.1) is 12.2 Å². The van der Waals surface area contributed by atoms with Crippen LogP contribution >= 0.6 is 12.2 Å². The van der Waals surface area contributed by atoms with Gasteiger partial charge in [-0.25, -0.2) is 0 Å². The van der Waals surface area contributed by atoms with Crippen molar-refractivity contribution in [3.8, 4) is 0 Å². The molecule has 0 amide bonds. The van der Waals surface area contributed by atoms with Crippen LogP contribution in [0.25, 0.3) is 0 Å². The zero-order valence-corrected chi connectivity index (χ0v) is 8.99. The molecular weight excluding hydrogens is 212 g/mol. The van der Waals surface area contributed by atoms with Crippen LogP contribution in [0.5, 0.6) is 0 Å². The number of aryl methyl sites for hydroxylation is 1. The van der Waals surface area contributed by atoms with Crippen LogP contribution in [-0.2, 0) is 13.6 Å². The Balaban J connectivity index is 2.37. The summed E-state index contributed by atoms with van der Waals surface area (Å²) in [5, 5.41) is 4.06. The molecule has 0 saturated heterocycles. The van der Waals surface area contributed by atoms with Crippen LogP contribution in [-0.4, -0.2) is 19.3 Å². The average molecular weight is 222 g/mol. The molecule has 0 bridgehead atoms. The summed E-state index contributed by atoms with van der Waals surface area (Å²) in [6.07, 6.45) is 3.40. The van der Waals surface area contributed by atoms with Crippen LogP contribution in [0.1, 0.15) is 5.69 Å². The molecule has 1 N–H and O–H groups in total. The minimum Gasteiger partial charge on any atom is -0.319 e. The van der Waals surface area contributed by atoms with E-state index in [9.17, 15) is 4.79 Å². The van der Waals surface area contributed by atoms with Crippen molar-refractivity contribution in [2.45, 2.75) is 6.54 Å². The third kappa shape index (κ3) is 2.04. The zero-order valence-electron chi connectivity index (χ0n) is 8.17. The van der Waals surface area contributed by atoms with Gasteiger partial charge in [0.25, 0.3) is 5.56 Å². The first-order valence-electron chi connectivity index (χ1n) is 4.43. The van der Waals surface area contributed by atoms with Crippen LogP contribution in [0, 0.1) is 4.77 Å². The second-order valence-corrected chi connectivity index (χ2v) is 3.57. The standard InChI is InChI=1S/C9H10N4OS/c1-12-7(2-4-10-12)6-13-5-3-8(14)11-9(13)15/h2-5H,6H2,1H3,(H,11,14,15). The number of nitrogens with zero attached hydrogens (tertiary/aromatic N) is 3. The first kappa shape index (κ1) is 9.85. The van der Waals surface area contributed by atoms with Crippen molar-refractivity contribution in [2.75, 3.05) is 0 Å². The van der Waals surface area contributed by atoms with Crippen molar-refractivity contribution < 1.29 is 0 Å². The Bertz CT molecular complexity index is 580. The average Bonchev–Trinajstić information content (AvgIpc) is 2.57. The molecule has 0 radical (unpaired) electrons. The second-order valence-electron chi connectivity index (χ2n) is 3.18. The van der Waals surface area contributed by atoms with Gasteiger partial charge in [0.1, 0.15) is 0 Å². The summed E-state index contributed by atoms with van der Waals surface area (Å²) in [5.74, 6) is 0. The number of hydrogen-bond donors (Lipinski definition) is 1. The number of rotatable bonds is 2. The van der Waals surface area contributed by atoms with E-state index in [4.69, 9.17) is 12.2 Å². The highest BCUT2D eigenvalue weighted by Gasteiger charge is 1.99. The monoisotopic (exact) mass is 222 g/mol. The molecule has 15 heavy (non-hydrogen) atoms. The van der Waals surface area contributed by atoms with Crippen LogP contribution in [0.3, 0.4) is 0 Å². The summed E-state index contributed by atoms with van der Waals surface area (Å²) in [5.41, 5.74) is 0.847. The molecule has 78 valence electrons. The number of H-pyrrole nitrogens is 1. The lowest BCUT2D eigenvalue weighted by Crippen LogP contribution is -2.13. The second kappa shape index (κ2) is 3.82. The van der Waals surface area contributed by atoms with Crippen molar-refractivity contribution in [3.63, 3.8) is 0 Å². The van der Waals surface area contributed by atoms with Gasteiger partial charge in [0.15, 0.2) is 4.77 Å². The fourth-order valence-corrected chi connectivity index (χ4v) is 1.53. The molecule has 2 aromatic heterocycles. The summed E-state index contributed by atoms with van der Waals surface area (Å²) >= 11 is 5.03. The molecular formula is C9H10N4OS. The predicted octanol–water partition coefficient (Wildman–Crippen LogP) is 0.688. The van der Waals surface area contributed by atoms with Crippen molar-refractivity contribution in [3.05, 3.63) is 45.3 Å². The quantitative estimate of drug-likeness (QED) is 0.760. The Hall–Kier alpha value is -1.69. The molecule has 0 fully saturated rings. The molecule has 5 nitrogen and oxygen atoms in total. The normalized spacial score (nSPS) is 10.5. The lowest BCUT2D eigenvalue weighted by molar-refractivity contribution is 0.650. The van der Waals surface area contributed by atoms with E-state index in [1.165, 1.54) is 6.07 Å². The van der Waals surface area contributed by atoms with Gasteiger partial charge < -0.3 is 4.57 Å². The lowest BCUT2D eigenvalue weighted by Gasteiger charge is -2.05. The zero-order chi connectivity index (χ0) is 10.8. The van der Waals surface area contributed by atoms with Crippen molar-refractivity contribution in [2.24, 2.45) is 7.05 Å². The maximum Gasteiger partial charge on any atom is 0.251 e. The van der Waals surface area contributed by atoms with Crippen LogP contribution in [0.15, 0.2) is 29.3 Å². The van der Waals surface area contributed by atoms with E-state index in [-0.39, 0.29) is 5.56 Å². The number of nitrogens with one attached hydrogen (secondary N) is 1. The van der Waals surface area contributed by atoms with Crippen LogP contribution in [0.4, 0.5) is 0 Å². The molecule has 6 heteroatoms. The van der Waals surface area contributed by atoms with Gasteiger partial charge >= 0.3 is 0 Å². The summed E-state index contributed by atoms with van der Waals surface area (Å²) in [7, 11) is 1.87. The summed E-state index contributed by atoms with van der Waals surface area (Å²) in [6.45, 7) is 0.603. The summed E-state index contributed by atoms with van der Waals surface area (Å²) in [6, 6.07) is 3.36. The molecule has 0 saturated carbocycles. The Kier molecular flexibility index (Phi) is 2.51. The smallest absolute Gasteiger partial charge is 0.251 e.